The van der Waals surface area contributed by atoms with Crippen LogP contribution in [0.4, 0.5) is 4.39 Å². The van der Waals surface area contributed by atoms with Gasteiger partial charge in [-0.05, 0) is 61.4 Å². The molecule has 0 fully saturated rings. The fraction of sp³-hybridized carbons (Fsp3) is 0.154. The molecule has 0 saturated heterocycles. The number of halogens is 1. The van der Waals surface area contributed by atoms with Crippen molar-refractivity contribution in [3.8, 4) is 11.4 Å². The molecule has 2 heterocycles. The third-order valence-electron chi connectivity index (χ3n) is 5.81. The first-order chi connectivity index (χ1) is 16.9. The Balaban J connectivity index is 1.61. The van der Waals surface area contributed by atoms with Crippen molar-refractivity contribution in [2.24, 2.45) is 0 Å². The first-order valence-electron chi connectivity index (χ1n) is 10.8. The molecule has 0 radical (unpaired) electrons. The molecule has 35 heavy (non-hydrogen) atoms. The summed E-state index contributed by atoms with van der Waals surface area (Å²) < 4.78 is 22.3. The molecule has 0 N–H and O–H groups in total. The van der Waals surface area contributed by atoms with Crippen LogP contribution in [-0.4, -0.2) is 37.8 Å². The van der Waals surface area contributed by atoms with Crippen LogP contribution in [-0.2, 0) is 0 Å². The minimum Gasteiger partial charge on any atom is -0.494 e. The number of aryl methyl sites for hydroxylation is 2. The second-order valence-corrected chi connectivity index (χ2v) is 9.07. The van der Waals surface area contributed by atoms with Gasteiger partial charge in [-0.1, -0.05) is 36.0 Å². The first-order valence-corrected chi connectivity index (χ1v) is 11.8. The van der Waals surface area contributed by atoms with Crippen LogP contribution >= 0.6 is 11.8 Å². The molecule has 0 unspecified atom stereocenters. The molecule has 176 valence electrons. The summed E-state index contributed by atoms with van der Waals surface area (Å²) in [5, 5.41) is 9.60. The van der Waals surface area contributed by atoms with E-state index in [-0.39, 0.29) is 28.4 Å². The second-order valence-electron chi connectivity index (χ2n) is 8.13. The number of Topliss-reactive ketones (excluding diaryl/α,β-unsaturated/α-hetero) is 1. The van der Waals surface area contributed by atoms with E-state index in [0.717, 1.165) is 22.9 Å². The number of thioether (sulfide) groups is 1. The van der Waals surface area contributed by atoms with E-state index in [1.165, 1.54) is 31.0 Å². The lowest BCUT2D eigenvalue weighted by Crippen LogP contribution is -2.22. The maximum Gasteiger partial charge on any atom is 0.267 e. The lowest BCUT2D eigenvalue weighted by molar-refractivity contribution is 0.102. The molecule has 0 aliphatic rings. The fourth-order valence-corrected chi connectivity index (χ4v) is 4.84. The lowest BCUT2D eigenvalue weighted by Gasteiger charge is -2.14. The van der Waals surface area contributed by atoms with Crippen LogP contribution in [0.25, 0.3) is 22.4 Å². The SMILES string of the molecule is COc1ccc(C(=O)CSc2nnc3n(-c4cc(C)ccc4C)c(=O)c4ccccc4n23)cc1F. The molecule has 5 rings (SSSR count). The molecule has 2 aromatic heterocycles. The third kappa shape index (κ3) is 3.97. The Hall–Kier alpha value is -3.98. The molecule has 7 nitrogen and oxygen atoms in total. The summed E-state index contributed by atoms with van der Waals surface area (Å²) in [6, 6.07) is 17.2. The Morgan fingerprint density at radius 1 is 1.06 bits per heavy atom. The van der Waals surface area contributed by atoms with Crippen LogP contribution in [0.1, 0.15) is 21.5 Å². The summed E-state index contributed by atoms with van der Waals surface area (Å²) in [7, 11) is 1.37. The molecular formula is C26H21FN4O3S. The average Bonchev–Trinajstić information content (AvgIpc) is 3.28. The topological polar surface area (TPSA) is 78.5 Å². The minimum absolute atomic E-state index is 0.0173. The summed E-state index contributed by atoms with van der Waals surface area (Å²) in [6.07, 6.45) is 0. The van der Waals surface area contributed by atoms with Crippen LogP contribution in [0.5, 0.6) is 5.75 Å². The highest BCUT2D eigenvalue weighted by atomic mass is 32.2. The van der Waals surface area contributed by atoms with Gasteiger partial charge >= 0.3 is 0 Å². The molecule has 0 atom stereocenters. The number of fused-ring (bicyclic) bond motifs is 3. The normalized spacial score (nSPS) is 11.3. The van der Waals surface area contributed by atoms with Gasteiger partial charge in [-0.3, -0.25) is 14.0 Å². The zero-order valence-corrected chi connectivity index (χ0v) is 20.1. The molecule has 0 aliphatic carbocycles. The van der Waals surface area contributed by atoms with Gasteiger partial charge in [0.1, 0.15) is 0 Å². The van der Waals surface area contributed by atoms with Gasteiger partial charge < -0.3 is 4.74 Å². The number of ketones is 1. The van der Waals surface area contributed by atoms with Gasteiger partial charge in [0.05, 0.1) is 29.5 Å². The summed E-state index contributed by atoms with van der Waals surface area (Å²) in [5.41, 5.74) is 3.33. The van der Waals surface area contributed by atoms with Crippen molar-refractivity contribution in [1.82, 2.24) is 19.2 Å². The number of ether oxygens (including phenoxy) is 1. The number of hydrogen-bond acceptors (Lipinski definition) is 6. The molecule has 5 aromatic rings. The van der Waals surface area contributed by atoms with Crippen molar-refractivity contribution in [3.63, 3.8) is 0 Å². The minimum atomic E-state index is -0.597. The van der Waals surface area contributed by atoms with Gasteiger partial charge in [-0.25, -0.2) is 8.96 Å². The van der Waals surface area contributed by atoms with Crippen LogP contribution in [0.15, 0.2) is 70.6 Å². The Kier molecular flexibility index (Phi) is 5.86. The fourth-order valence-electron chi connectivity index (χ4n) is 4.00. The van der Waals surface area contributed by atoms with Crippen molar-refractivity contribution in [2.75, 3.05) is 12.9 Å². The molecule has 0 saturated carbocycles. The van der Waals surface area contributed by atoms with E-state index in [0.29, 0.717) is 21.8 Å². The standard InChI is InChI=1S/C26H21FN4O3S/c1-15-8-9-16(2)21(12-15)30-24(33)18-6-4-5-7-20(18)31-25(30)28-29-26(31)35-14-22(32)17-10-11-23(34-3)19(27)13-17/h4-13H,14H2,1-3H3. The highest BCUT2D eigenvalue weighted by molar-refractivity contribution is 7.99. The van der Waals surface area contributed by atoms with Gasteiger partial charge in [0.25, 0.3) is 5.56 Å². The van der Waals surface area contributed by atoms with E-state index in [1.54, 1.807) is 15.0 Å². The van der Waals surface area contributed by atoms with Crippen molar-refractivity contribution in [1.29, 1.82) is 0 Å². The number of rotatable bonds is 6. The summed E-state index contributed by atoms with van der Waals surface area (Å²) >= 11 is 1.18. The van der Waals surface area contributed by atoms with E-state index in [9.17, 15) is 14.0 Å². The molecule has 3 aromatic carbocycles. The van der Waals surface area contributed by atoms with E-state index in [4.69, 9.17) is 4.74 Å². The number of carbonyl (C=O) groups is 1. The van der Waals surface area contributed by atoms with Crippen LogP contribution < -0.4 is 10.3 Å². The Morgan fingerprint density at radius 2 is 1.86 bits per heavy atom. The van der Waals surface area contributed by atoms with E-state index in [1.807, 2.05) is 50.2 Å². The Morgan fingerprint density at radius 3 is 2.63 bits per heavy atom. The van der Waals surface area contributed by atoms with E-state index < -0.39 is 5.82 Å². The van der Waals surface area contributed by atoms with Gasteiger partial charge in [0, 0.05) is 5.56 Å². The van der Waals surface area contributed by atoms with Gasteiger partial charge in [-0.2, -0.15) is 0 Å². The zero-order chi connectivity index (χ0) is 24.7. The van der Waals surface area contributed by atoms with E-state index in [2.05, 4.69) is 10.2 Å². The van der Waals surface area contributed by atoms with Crippen molar-refractivity contribution < 1.29 is 13.9 Å². The van der Waals surface area contributed by atoms with E-state index >= 15 is 0 Å². The second kappa shape index (κ2) is 8.99. The van der Waals surface area contributed by atoms with Gasteiger partial charge in [0.15, 0.2) is 22.5 Å². The quantitative estimate of drug-likeness (QED) is 0.253. The highest BCUT2D eigenvalue weighted by Gasteiger charge is 2.20. The summed E-state index contributed by atoms with van der Waals surface area (Å²) in [5.74, 6) is -0.412. The Bertz CT molecular complexity index is 1680. The summed E-state index contributed by atoms with van der Waals surface area (Å²) in [4.78, 5) is 26.3. The number of carbonyl (C=O) groups excluding carboxylic acids is 1. The first kappa shape index (κ1) is 22.8. The maximum atomic E-state index is 14.1. The zero-order valence-electron chi connectivity index (χ0n) is 19.3. The Labute approximate surface area is 204 Å². The smallest absolute Gasteiger partial charge is 0.267 e. The molecule has 0 bridgehead atoms. The molecular weight excluding hydrogens is 467 g/mol. The van der Waals surface area contributed by atoms with Crippen molar-refractivity contribution in [2.45, 2.75) is 19.0 Å². The maximum absolute atomic E-state index is 14.1. The third-order valence-corrected chi connectivity index (χ3v) is 6.74. The molecule has 9 heteroatoms. The molecule has 0 amide bonds. The van der Waals surface area contributed by atoms with Crippen molar-refractivity contribution >= 4 is 34.2 Å². The van der Waals surface area contributed by atoms with Crippen LogP contribution in [0.2, 0.25) is 0 Å². The number of nitrogens with zero attached hydrogens (tertiary/aromatic N) is 4. The predicted octanol–water partition coefficient (Wildman–Crippen LogP) is 4.77. The number of aromatic nitrogens is 4. The number of para-hydroxylation sites is 1. The van der Waals surface area contributed by atoms with Crippen LogP contribution in [0.3, 0.4) is 0 Å². The van der Waals surface area contributed by atoms with Gasteiger partial charge in [0.2, 0.25) is 5.78 Å². The monoisotopic (exact) mass is 488 g/mol. The number of benzene rings is 3. The number of methoxy groups -OCH3 is 1. The summed E-state index contributed by atoms with van der Waals surface area (Å²) in [6.45, 7) is 3.90. The predicted molar refractivity (Wildman–Crippen MR) is 134 cm³/mol. The van der Waals surface area contributed by atoms with Crippen molar-refractivity contribution in [3.05, 3.63) is 93.5 Å². The molecule has 0 aliphatic heterocycles. The number of hydrogen-bond donors (Lipinski definition) is 0. The average molecular weight is 489 g/mol. The molecule has 0 spiro atoms. The largest absolute Gasteiger partial charge is 0.494 e. The lowest BCUT2D eigenvalue weighted by atomic mass is 10.1. The highest BCUT2D eigenvalue weighted by Crippen LogP contribution is 2.26. The van der Waals surface area contributed by atoms with Gasteiger partial charge in [-0.15, -0.1) is 10.2 Å². The van der Waals surface area contributed by atoms with Crippen LogP contribution in [0, 0.1) is 19.7 Å².